The second-order valence-corrected chi connectivity index (χ2v) is 14.1. The number of carbonyl (C=O) groups excluding carboxylic acids is 6. The summed E-state index contributed by atoms with van der Waals surface area (Å²) in [6, 6.07) is -3.39. The molecule has 0 bridgehead atoms. The van der Waals surface area contributed by atoms with Gasteiger partial charge in [-0.25, -0.2) is 9.59 Å². The van der Waals surface area contributed by atoms with Gasteiger partial charge in [0.2, 0.25) is 17.6 Å². The zero-order valence-corrected chi connectivity index (χ0v) is 26.6. The van der Waals surface area contributed by atoms with Gasteiger partial charge < -0.3 is 36.1 Å². The van der Waals surface area contributed by atoms with Gasteiger partial charge in [-0.15, -0.1) is 0 Å². The first-order chi connectivity index (χ1) is 20.7. The number of nitrogens with zero attached hydrogens (tertiary/aromatic N) is 1. The van der Waals surface area contributed by atoms with E-state index in [1.165, 1.54) is 12.0 Å². The number of nitrogens with two attached hydrogens (primary N) is 1. The number of Topliss-reactive ketones (excluding diaryl/α,β-unsaturated/α-hetero) is 1. The van der Waals surface area contributed by atoms with Crippen LogP contribution in [0.25, 0.3) is 0 Å². The molecule has 5 atom stereocenters. The number of ether oxygens (including phenoxy) is 2. The van der Waals surface area contributed by atoms with E-state index < -0.39 is 59.4 Å². The smallest absolute Gasteiger partial charge is 0.438 e. The molecule has 1 saturated heterocycles. The lowest BCUT2D eigenvalue weighted by atomic mass is 9.80. The summed E-state index contributed by atoms with van der Waals surface area (Å²) in [5.41, 5.74) is 4.34. The van der Waals surface area contributed by atoms with Gasteiger partial charge in [-0.3, -0.25) is 19.2 Å². The predicted molar refractivity (Wildman–Crippen MR) is 159 cm³/mol. The molecule has 5 amide bonds. The van der Waals surface area contributed by atoms with Crippen molar-refractivity contribution in [3.05, 3.63) is 0 Å². The Labute approximate surface area is 259 Å². The average molecular weight is 620 g/mol. The average Bonchev–Trinajstić information content (AvgIpc) is 3.27. The van der Waals surface area contributed by atoms with Crippen molar-refractivity contribution in [2.45, 2.75) is 109 Å². The lowest BCUT2D eigenvalue weighted by molar-refractivity contribution is -0.144. The molecule has 4 aliphatic rings. The van der Waals surface area contributed by atoms with Crippen LogP contribution in [-0.4, -0.2) is 84.5 Å². The van der Waals surface area contributed by atoms with E-state index in [2.05, 4.69) is 34.5 Å². The van der Waals surface area contributed by atoms with Crippen LogP contribution in [0.1, 0.15) is 85.5 Å². The number of methoxy groups -OCH3 is 1. The van der Waals surface area contributed by atoms with E-state index in [1.54, 1.807) is 0 Å². The minimum Gasteiger partial charge on any atom is -0.438 e. The molecule has 4 fully saturated rings. The molecule has 0 aromatic rings. The monoisotopic (exact) mass is 619 g/mol. The fourth-order valence-electron chi connectivity index (χ4n) is 7.44. The molecule has 3 saturated carbocycles. The highest BCUT2D eigenvalue weighted by Crippen LogP contribution is 2.65. The first kappa shape index (κ1) is 33.5. The Balaban J connectivity index is 1.48. The van der Waals surface area contributed by atoms with Crippen LogP contribution in [0.2, 0.25) is 0 Å². The number of amides is 5. The standard InChI is InChI=1S/C31H49N5O8/c1-17(2)22(34-28(41)35-31(12-7-6-8-13-31)16-44-29(42)43-5)27(40)36-15-19-21(30(19,3)4)23(36)26(39)33-20(24(37)25(32)38)14-18-10-9-11-18/h17-23H,6-16H2,1-5H3,(H2,32,38)(H,33,39)(H2,34,35,41)/t19-,20?,21-,22-,23-/m0/s1. The van der Waals surface area contributed by atoms with Crippen LogP contribution in [0.4, 0.5) is 9.59 Å². The minimum atomic E-state index is -1.10. The Bertz CT molecular complexity index is 1150. The van der Waals surface area contributed by atoms with E-state index in [4.69, 9.17) is 10.5 Å². The maximum absolute atomic E-state index is 14.1. The van der Waals surface area contributed by atoms with Crippen LogP contribution in [0, 0.1) is 29.1 Å². The molecule has 4 rings (SSSR count). The third-order valence-corrected chi connectivity index (χ3v) is 10.5. The van der Waals surface area contributed by atoms with E-state index >= 15 is 0 Å². The Morgan fingerprint density at radius 2 is 1.64 bits per heavy atom. The Morgan fingerprint density at radius 1 is 0.977 bits per heavy atom. The van der Waals surface area contributed by atoms with E-state index in [-0.39, 0.29) is 35.7 Å². The Morgan fingerprint density at radius 3 is 2.18 bits per heavy atom. The second-order valence-electron chi connectivity index (χ2n) is 14.1. The van der Waals surface area contributed by atoms with Crippen molar-refractivity contribution >= 4 is 35.7 Å². The van der Waals surface area contributed by atoms with Crippen LogP contribution in [0.5, 0.6) is 0 Å². The fourth-order valence-corrected chi connectivity index (χ4v) is 7.44. The molecule has 0 aromatic carbocycles. The van der Waals surface area contributed by atoms with E-state index in [9.17, 15) is 28.8 Å². The molecule has 246 valence electrons. The van der Waals surface area contributed by atoms with Gasteiger partial charge in [0.15, 0.2) is 0 Å². The van der Waals surface area contributed by atoms with Crippen molar-refractivity contribution in [1.29, 1.82) is 0 Å². The number of likely N-dealkylation sites (tertiary alicyclic amines) is 1. The van der Waals surface area contributed by atoms with Gasteiger partial charge in [0.25, 0.3) is 5.91 Å². The number of ketones is 1. The highest BCUT2D eigenvalue weighted by molar-refractivity contribution is 6.37. The van der Waals surface area contributed by atoms with Crippen LogP contribution < -0.4 is 21.7 Å². The van der Waals surface area contributed by atoms with Crippen molar-refractivity contribution < 1.29 is 38.2 Å². The van der Waals surface area contributed by atoms with Gasteiger partial charge in [0.05, 0.1) is 18.7 Å². The number of fused-ring (bicyclic) bond motifs is 1. The first-order valence-electron chi connectivity index (χ1n) is 15.9. The lowest BCUT2D eigenvalue weighted by Gasteiger charge is -2.38. The van der Waals surface area contributed by atoms with Crippen LogP contribution in [-0.2, 0) is 28.7 Å². The van der Waals surface area contributed by atoms with Crippen molar-refractivity contribution in [3.63, 3.8) is 0 Å². The summed E-state index contributed by atoms with van der Waals surface area (Å²) in [5.74, 6) is -2.92. The molecule has 13 nitrogen and oxygen atoms in total. The number of primary amides is 1. The molecule has 44 heavy (non-hydrogen) atoms. The maximum atomic E-state index is 14.1. The van der Waals surface area contributed by atoms with Crippen molar-refractivity contribution in [1.82, 2.24) is 20.9 Å². The molecule has 5 N–H and O–H groups in total. The van der Waals surface area contributed by atoms with E-state index in [0.29, 0.717) is 25.8 Å². The molecule has 0 spiro atoms. The summed E-state index contributed by atoms with van der Waals surface area (Å²) < 4.78 is 9.81. The minimum absolute atomic E-state index is 0.0494. The number of carbonyl (C=O) groups is 6. The Hall–Kier alpha value is -3.38. The summed E-state index contributed by atoms with van der Waals surface area (Å²) >= 11 is 0. The quantitative estimate of drug-likeness (QED) is 0.189. The number of urea groups is 1. The normalized spacial score (nSPS) is 26.3. The summed E-state index contributed by atoms with van der Waals surface area (Å²) in [7, 11) is 1.22. The van der Waals surface area contributed by atoms with Crippen LogP contribution in [0.3, 0.4) is 0 Å². The fraction of sp³-hybridized carbons (Fsp3) is 0.806. The maximum Gasteiger partial charge on any atom is 0.508 e. The van der Waals surface area contributed by atoms with Gasteiger partial charge in [0.1, 0.15) is 18.7 Å². The number of nitrogens with one attached hydrogen (secondary N) is 3. The molecule has 1 unspecified atom stereocenters. The summed E-state index contributed by atoms with van der Waals surface area (Å²) in [6.45, 7) is 8.03. The topological polar surface area (TPSA) is 186 Å². The zero-order chi connectivity index (χ0) is 32.4. The largest absolute Gasteiger partial charge is 0.508 e. The van der Waals surface area contributed by atoms with Gasteiger partial charge >= 0.3 is 12.2 Å². The lowest BCUT2D eigenvalue weighted by Crippen LogP contribution is -2.62. The van der Waals surface area contributed by atoms with Gasteiger partial charge in [-0.05, 0) is 48.3 Å². The van der Waals surface area contributed by atoms with Crippen molar-refractivity contribution in [3.8, 4) is 0 Å². The summed E-state index contributed by atoms with van der Waals surface area (Å²) in [5, 5.41) is 8.58. The van der Waals surface area contributed by atoms with Crippen LogP contribution in [0.15, 0.2) is 0 Å². The molecule has 0 aromatic heterocycles. The SMILES string of the molecule is COC(=O)OCC1(NC(=O)N[C@H](C(=O)N2C[C@H]3[C@@H]([C@H]2C(=O)NC(CC2CCC2)C(=O)C(N)=O)C3(C)C)C(C)C)CCCCC1. The summed E-state index contributed by atoms with van der Waals surface area (Å²) in [6.07, 6.45) is 6.29. The predicted octanol–water partition coefficient (Wildman–Crippen LogP) is 2.01. The molecular formula is C31H49N5O8. The molecule has 1 aliphatic heterocycles. The number of piperidine rings is 1. The number of hydrogen-bond acceptors (Lipinski definition) is 8. The van der Waals surface area contributed by atoms with Crippen molar-refractivity contribution in [2.24, 2.45) is 34.8 Å². The molecular weight excluding hydrogens is 570 g/mol. The van der Waals surface area contributed by atoms with Crippen LogP contribution >= 0.6 is 0 Å². The number of rotatable bonds is 12. The number of hydrogen-bond donors (Lipinski definition) is 4. The van der Waals surface area contributed by atoms with Gasteiger partial charge in [-0.2, -0.15) is 0 Å². The molecule has 0 radical (unpaired) electrons. The summed E-state index contributed by atoms with van der Waals surface area (Å²) in [4.78, 5) is 78.9. The highest BCUT2D eigenvalue weighted by Gasteiger charge is 2.69. The zero-order valence-electron chi connectivity index (χ0n) is 26.6. The first-order valence-corrected chi connectivity index (χ1v) is 15.9. The third kappa shape index (κ3) is 7.12. The molecule has 13 heteroatoms. The molecule has 3 aliphatic carbocycles. The Kier molecular flexibility index (Phi) is 10.1. The van der Waals surface area contributed by atoms with Crippen molar-refractivity contribution in [2.75, 3.05) is 20.3 Å². The van der Waals surface area contributed by atoms with Gasteiger partial charge in [0, 0.05) is 6.54 Å². The highest BCUT2D eigenvalue weighted by atomic mass is 16.7. The second kappa shape index (κ2) is 13.3. The molecule has 1 heterocycles. The van der Waals surface area contributed by atoms with E-state index in [0.717, 1.165) is 38.5 Å². The third-order valence-electron chi connectivity index (χ3n) is 10.5. The van der Waals surface area contributed by atoms with Gasteiger partial charge in [-0.1, -0.05) is 66.2 Å². The van der Waals surface area contributed by atoms with E-state index in [1.807, 2.05) is 13.8 Å².